The Labute approximate surface area is 322 Å². The fraction of sp³-hybridized carbons (Fsp3) is 0.364. The van der Waals surface area contributed by atoms with Crippen LogP contribution in [0.15, 0.2) is 104 Å². The molecule has 3 aromatic carbocycles. The first kappa shape index (κ1) is 36.0. The number of fused-ring (bicyclic) bond motifs is 2. The van der Waals surface area contributed by atoms with Gasteiger partial charge in [-0.1, -0.05) is 72.6 Å². The van der Waals surface area contributed by atoms with Crippen LogP contribution in [-0.2, 0) is 35.5 Å². The van der Waals surface area contributed by atoms with Gasteiger partial charge in [0, 0.05) is 49.3 Å². The van der Waals surface area contributed by atoms with Gasteiger partial charge in [0.2, 0.25) is 0 Å². The van der Waals surface area contributed by atoms with E-state index in [1.54, 1.807) is 4.90 Å². The van der Waals surface area contributed by atoms with Gasteiger partial charge < -0.3 is 14.2 Å². The van der Waals surface area contributed by atoms with Crippen molar-refractivity contribution in [2.75, 3.05) is 24.5 Å². The average molecular weight is 743 g/mol. The highest BCUT2D eigenvalue weighted by molar-refractivity contribution is 6.30. The van der Waals surface area contributed by atoms with E-state index in [-0.39, 0.29) is 18.1 Å². The lowest BCUT2D eigenvalue weighted by Gasteiger charge is -2.45. The van der Waals surface area contributed by atoms with Gasteiger partial charge in [0.05, 0.1) is 30.3 Å². The highest BCUT2D eigenvalue weighted by Gasteiger charge is 2.43. The third-order valence-corrected chi connectivity index (χ3v) is 11.4. The number of amides is 2. The predicted octanol–water partition coefficient (Wildman–Crippen LogP) is 8.17. The van der Waals surface area contributed by atoms with Crippen LogP contribution in [0.1, 0.15) is 77.4 Å². The zero-order valence-electron chi connectivity index (χ0n) is 30.8. The van der Waals surface area contributed by atoms with E-state index in [0.717, 1.165) is 78.7 Å². The topological polar surface area (TPSA) is 83.8 Å². The smallest absolute Gasteiger partial charge is 0.410 e. The van der Waals surface area contributed by atoms with Crippen molar-refractivity contribution in [3.63, 3.8) is 0 Å². The molecule has 0 radical (unpaired) electrons. The zero-order chi connectivity index (χ0) is 37.0. The van der Waals surface area contributed by atoms with Crippen LogP contribution < -0.4 is 4.90 Å². The van der Waals surface area contributed by atoms with Crippen LogP contribution in [0.4, 0.5) is 10.5 Å². The van der Waals surface area contributed by atoms with Gasteiger partial charge in [0.25, 0.3) is 5.91 Å². The number of piperazine rings is 1. The standard InChI is InChI=1S/C44H47ClN6O3/c1-31-26-48(30-47-31)27-33-12-8-14-37(24-33)51(28-32-10-4-2-5-11-32)43(52)40-29-49(22-23-50(40)44(53)54-38-15-6-3-7-16-38)42-39-20-19-36(45)25-35(39)18-17-34-13-9-21-46-41(34)42/h2,4-5,8-14,19-21,24-26,30,38,40,42H,3,6-7,15-18,22-23,27-29H2,1H3/t40-,42+/m1/s1. The molecule has 1 aliphatic heterocycles. The van der Waals surface area contributed by atoms with Crippen LogP contribution in [0, 0.1) is 6.92 Å². The number of halogens is 1. The quantitative estimate of drug-likeness (QED) is 0.160. The lowest BCUT2D eigenvalue weighted by atomic mass is 9.95. The summed E-state index contributed by atoms with van der Waals surface area (Å²) in [6.07, 6.45) is 11.8. The number of rotatable bonds is 8. The molecule has 0 spiro atoms. The normalized spacial score (nSPS) is 19.0. The van der Waals surface area contributed by atoms with Crippen molar-refractivity contribution < 1.29 is 14.3 Å². The zero-order valence-corrected chi connectivity index (χ0v) is 31.6. The first-order chi connectivity index (χ1) is 26.4. The Morgan fingerprint density at radius 1 is 0.870 bits per heavy atom. The van der Waals surface area contributed by atoms with Gasteiger partial charge in [-0.2, -0.15) is 0 Å². The molecule has 1 saturated carbocycles. The van der Waals surface area contributed by atoms with E-state index >= 15 is 4.79 Å². The summed E-state index contributed by atoms with van der Waals surface area (Å²) in [5, 5.41) is 0.705. The molecule has 10 heteroatoms. The molecule has 2 atom stereocenters. The molecule has 0 N–H and O–H groups in total. The molecule has 1 saturated heterocycles. The summed E-state index contributed by atoms with van der Waals surface area (Å²) in [6.45, 7) is 4.18. The average Bonchev–Trinajstić information content (AvgIpc) is 3.53. The van der Waals surface area contributed by atoms with Gasteiger partial charge >= 0.3 is 6.09 Å². The van der Waals surface area contributed by atoms with Crippen molar-refractivity contribution in [3.05, 3.63) is 148 Å². The number of benzene rings is 3. The Kier molecular flexibility index (Phi) is 10.8. The molecule has 278 valence electrons. The molecule has 2 aromatic heterocycles. The Morgan fingerprint density at radius 3 is 2.50 bits per heavy atom. The summed E-state index contributed by atoms with van der Waals surface area (Å²) in [5.41, 5.74) is 8.28. The van der Waals surface area contributed by atoms with Crippen molar-refractivity contribution in [1.29, 1.82) is 0 Å². The summed E-state index contributed by atoms with van der Waals surface area (Å²) >= 11 is 6.55. The first-order valence-electron chi connectivity index (χ1n) is 19.3. The van der Waals surface area contributed by atoms with E-state index in [1.807, 2.05) is 89.7 Å². The van der Waals surface area contributed by atoms with Crippen molar-refractivity contribution >= 4 is 29.3 Å². The Hall–Kier alpha value is -4.99. The SMILES string of the molecule is Cc1cn(Cc2cccc(N(Cc3ccccc3)C(=O)[C@H]3CN([C@H]4c5ccc(Cl)cc5CCc5cccnc54)CCN3C(=O)OC3CCCCC3)c2)cn1. The summed E-state index contributed by atoms with van der Waals surface area (Å²) < 4.78 is 8.24. The number of anilines is 1. The molecule has 2 aliphatic carbocycles. The van der Waals surface area contributed by atoms with E-state index in [1.165, 1.54) is 11.1 Å². The second kappa shape index (κ2) is 16.2. The molecule has 2 amide bonds. The van der Waals surface area contributed by atoms with Crippen molar-refractivity contribution in [2.24, 2.45) is 0 Å². The number of carbonyl (C=O) groups is 2. The Morgan fingerprint density at radius 2 is 1.69 bits per heavy atom. The molecular formula is C44H47ClN6O3. The van der Waals surface area contributed by atoms with Crippen LogP contribution in [-0.4, -0.2) is 68.1 Å². The van der Waals surface area contributed by atoms with E-state index in [4.69, 9.17) is 21.3 Å². The van der Waals surface area contributed by atoms with Gasteiger partial charge in [-0.3, -0.25) is 19.6 Å². The number of hydrogen-bond donors (Lipinski definition) is 0. The maximum absolute atomic E-state index is 15.4. The molecule has 3 aliphatic rings. The Balaban J connectivity index is 1.17. The molecule has 0 bridgehead atoms. The van der Waals surface area contributed by atoms with Gasteiger partial charge in [0.15, 0.2) is 0 Å². The lowest BCUT2D eigenvalue weighted by Crippen LogP contribution is -2.62. The van der Waals surface area contributed by atoms with Crippen molar-refractivity contribution in [2.45, 2.75) is 83.1 Å². The van der Waals surface area contributed by atoms with Gasteiger partial charge in [0.1, 0.15) is 12.1 Å². The number of ether oxygens (including phenoxy) is 1. The minimum Gasteiger partial charge on any atom is -0.446 e. The number of imidazole rings is 1. The molecule has 9 nitrogen and oxygen atoms in total. The first-order valence-corrected chi connectivity index (χ1v) is 19.6. The van der Waals surface area contributed by atoms with Crippen LogP contribution in [0.2, 0.25) is 5.02 Å². The fourth-order valence-corrected chi connectivity index (χ4v) is 8.64. The van der Waals surface area contributed by atoms with Gasteiger partial charge in [-0.25, -0.2) is 9.78 Å². The second-order valence-corrected chi connectivity index (χ2v) is 15.3. The number of pyridine rings is 1. The highest BCUT2D eigenvalue weighted by Crippen LogP contribution is 2.38. The number of nitrogens with zero attached hydrogens (tertiary/aromatic N) is 6. The van der Waals surface area contributed by atoms with Crippen LogP contribution in [0.25, 0.3) is 0 Å². The molecule has 54 heavy (non-hydrogen) atoms. The summed E-state index contributed by atoms with van der Waals surface area (Å²) in [6, 6.07) is 27.4. The largest absolute Gasteiger partial charge is 0.446 e. The molecule has 0 unspecified atom stereocenters. The van der Waals surface area contributed by atoms with Crippen LogP contribution in [0.3, 0.4) is 0 Å². The summed E-state index contributed by atoms with van der Waals surface area (Å²) in [5.74, 6) is -0.147. The van der Waals surface area contributed by atoms with E-state index in [0.29, 0.717) is 37.7 Å². The van der Waals surface area contributed by atoms with Crippen LogP contribution >= 0.6 is 11.6 Å². The number of aryl methyl sites for hydroxylation is 3. The Bertz CT molecular complexity index is 2100. The maximum atomic E-state index is 15.4. The minimum atomic E-state index is -0.801. The van der Waals surface area contributed by atoms with Gasteiger partial charge in [-0.15, -0.1) is 0 Å². The second-order valence-electron chi connectivity index (χ2n) is 14.9. The van der Waals surface area contributed by atoms with E-state index in [2.05, 4.69) is 40.2 Å². The number of aromatic nitrogens is 3. The third kappa shape index (κ3) is 7.93. The van der Waals surface area contributed by atoms with E-state index in [9.17, 15) is 4.79 Å². The summed E-state index contributed by atoms with van der Waals surface area (Å²) in [7, 11) is 0. The molecule has 2 fully saturated rings. The number of hydrogen-bond acceptors (Lipinski definition) is 6. The molecule has 3 heterocycles. The van der Waals surface area contributed by atoms with Crippen molar-refractivity contribution in [1.82, 2.24) is 24.3 Å². The summed E-state index contributed by atoms with van der Waals surface area (Å²) in [4.78, 5) is 44.9. The third-order valence-electron chi connectivity index (χ3n) is 11.2. The predicted molar refractivity (Wildman–Crippen MR) is 211 cm³/mol. The minimum absolute atomic E-state index is 0.126. The number of carbonyl (C=O) groups excluding carboxylic acids is 2. The highest BCUT2D eigenvalue weighted by atomic mass is 35.5. The van der Waals surface area contributed by atoms with Crippen LogP contribution in [0.5, 0.6) is 0 Å². The fourth-order valence-electron chi connectivity index (χ4n) is 8.45. The monoisotopic (exact) mass is 742 g/mol. The maximum Gasteiger partial charge on any atom is 0.410 e. The van der Waals surface area contributed by atoms with E-state index < -0.39 is 12.1 Å². The van der Waals surface area contributed by atoms with Crippen molar-refractivity contribution in [3.8, 4) is 0 Å². The lowest BCUT2D eigenvalue weighted by molar-refractivity contribution is -0.126. The molecule has 8 rings (SSSR count). The molecule has 5 aromatic rings. The molecular weight excluding hydrogens is 696 g/mol. The van der Waals surface area contributed by atoms with Gasteiger partial charge in [-0.05, 0) is 104 Å².